The number of Topliss-reactive ketones (excluding diaryl/α,β-unsaturated/α-hetero) is 1. The maximum Gasteiger partial charge on any atom is 0.432 e. The Balaban J connectivity index is 2.85. The smallest absolute Gasteiger partial charge is 0.432 e. The van der Waals surface area contributed by atoms with Gasteiger partial charge in [0, 0.05) is 10.9 Å². The molecule has 0 atom stereocenters. The number of hydrogen-bond donors (Lipinski definition) is 2. The fourth-order valence-electron chi connectivity index (χ4n) is 1.86. The van der Waals surface area contributed by atoms with Crippen LogP contribution < -0.4 is 0 Å². The molecule has 2 rings (SSSR count). The number of aliphatic carboxylic acids is 1. The van der Waals surface area contributed by atoms with Gasteiger partial charge in [0.15, 0.2) is 0 Å². The molecule has 1 aromatic carbocycles. The van der Waals surface area contributed by atoms with E-state index in [2.05, 4.69) is 4.98 Å². The summed E-state index contributed by atoms with van der Waals surface area (Å²) in [6, 6.07) is 4.28. The van der Waals surface area contributed by atoms with Crippen LogP contribution in [0.5, 0.6) is 0 Å². The number of fused-ring (bicyclic) bond motifs is 1. The van der Waals surface area contributed by atoms with E-state index in [-0.39, 0.29) is 10.9 Å². The molecule has 0 spiro atoms. The number of carboxylic acids is 1. The third kappa shape index (κ3) is 2.18. The Hall–Kier alpha value is -2.31. The number of alkyl halides is 3. The molecule has 1 heterocycles. The minimum Gasteiger partial charge on any atom is -0.475 e. The monoisotopic (exact) mass is 271 g/mol. The van der Waals surface area contributed by atoms with Gasteiger partial charge in [-0.2, -0.15) is 13.2 Å². The van der Waals surface area contributed by atoms with Crippen molar-refractivity contribution in [3.05, 3.63) is 35.0 Å². The first-order valence-corrected chi connectivity index (χ1v) is 5.19. The number of rotatable bonds is 2. The van der Waals surface area contributed by atoms with E-state index >= 15 is 0 Å². The lowest BCUT2D eigenvalue weighted by Crippen LogP contribution is -2.18. The van der Waals surface area contributed by atoms with Crippen molar-refractivity contribution < 1.29 is 27.9 Å². The molecule has 0 fully saturated rings. The Kier molecular flexibility index (Phi) is 2.84. The molecule has 0 bridgehead atoms. The number of ketones is 1. The van der Waals surface area contributed by atoms with Gasteiger partial charge >= 0.3 is 12.1 Å². The fourth-order valence-corrected chi connectivity index (χ4v) is 1.86. The SMILES string of the molecule is Cc1ccc2[nH]c(C(F)(F)F)c(C(=O)C(=O)O)c2c1. The van der Waals surface area contributed by atoms with Gasteiger partial charge in [0.1, 0.15) is 5.69 Å². The van der Waals surface area contributed by atoms with Crippen LogP contribution in [0.4, 0.5) is 13.2 Å². The van der Waals surface area contributed by atoms with Crippen molar-refractivity contribution >= 4 is 22.7 Å². The van der Waals surface area contributed by atoms with E-state index in [1.165, 1.54) is 12.1 Å². The molecule has 100 valence electrons. The number of hydrogen-bond acceptors (Lipinski definition) is 2. The molecular weight excluding hydrogens is 263 g/mol. The molecular formula is C12H8F3NO3. The average molecular weight is 271 g/mol. The number of nitrogens with one attached hydrogen (secondary N) is 1. The summed E-state index contributed by atoms with van der Waals surface area (Å²) < 4.78 is 38.5. The van der Waals surface area contributed by atoms with Crippen molar-refractivity contribution in [2.45, 2.75) is 13.1 Å². The summed E-state index contributed by atoms with van der Waals surface area (Å²) in [4.78, 5) is 24.2. The van der Waals surface area contributed by atoms with Crippen LogP contribution in [0.25, 0.3) is 10.9 Å². The van der Waals surface area contributed by atoms with Crippen molar-refractivity contribution in [1.29, 1.82) is 0 Å². The third-order valence-corrected chi connectivity index (χ3v) is 2.66. The normalized spacial score (nSPS) is 11.8. The van der Waals surface area contributed by atoms with Crippen molar-refractivity contribution in [3.63, 3.8) is 0 Å². The zero-order valence-corrected chi connectivity index (χ0v) is 9.63. The van der Waals surface area contributed by atoms with Crippen molar-refractivity contribution in [3.8, 4) is 0 Å². The lowest BCUT2D eigenvalue weighted by molar-refractivity contribution is -0.141. The number of benzene rings is 1. The maximum absolute atomic E-state index is 12.8. The fraction of sp³-hybridized carbons (Fsp3) is 0.167. The number of carboxylic acid groups (broad SMARTS) is 1. The van der Waals surface area contributed by atoms with Gasteiger partial charge in [0.05, 0.1) is 5.56 Å². The minimum absolute atomic E-state index is 0.0419. The van der Waals surface area contributed by atoms with Crippen LogP contribution in [0.3, 0.4) is 0 Å². The highest BCUT2D eigenvalue weighted by Gasteiger charge is 2.39. The average Bonchev–Trinajstić information content (AvgIpc) is 2.65. The molecule has 0 unspecified atom stereocenters. The molecule has 0 saturated carbocycles. The Bertz CT molecular complexity index is 685. The summed E-state index contributed by atoms with van der Waals surface area (Å²) in [6.07, 6.45) is -4.83. The first-order chi connectivity index (χ1) is 8.71. The molecule has 0 aliphatic rings. The number of aromatic nitrogens is 1. The number of halogens is 3. The number of aryl methyl sites for hydroxylation is 1. The predicted molar refractivity (Wildman–Crippen MR) is 60.0 cm³/mol. The molecule has 0 saturated heterocycles. The molecule has 19 heavy (non-hydrogen) atoms. The Morgan fingerprint density at radius 1 is 1.26 bits per heavy atom. The van der Waals surface area contributed by atoms with Crippen LogP contribution in [0.1, 0.15) is 21.6 Å². The quantitative estimate of drug-likeness (QED) is 0.651. The molecule has 7 heteroatoms. The number of carbonyl (C=O) groups is 2. The number of H-pyrrole nitrogens is 1. The lowest BCUT2D eigenvalue weighted by atomic mass is 10.0. The van der Waals surface area contributed by atoms with E-state index in [9.17, 15) is 22.8 Å². The second kappa shape index (κ2) is 4.11. The van der Waals surface area contributed by atoms with Gasteiger partial charge < -0.3 is 10.1 Å². The zero-order chi connectivity index (χ0) is 14.4. The molecule has 0 aliphatic heterocycles. The van der Waals surface area contributed by atoms with Gasteiger partial charge in [-0.05, 0) is 19.1 Å². The van der Waals surface area contributed by atoms with E-state index in [1.807, 2.05) is 0 Å². The van der Waals surface area contributed by atoms with Crippen LogP contribution >= 0.6 is 0 Å². The minimum atomic E-state index is -4.83. The van der Waals surface area contributed by atoms with Crippen LogP contribution in [0.2, 0.25) is 0 Å². The van der Waals surface area contributed by atoms with Crippen molar-refractivity contribution in [2.24, 2.45) is 0 Å². The summed E-state index contributed by atoms with van der Waals surface area (Å²) in [7, 11) is 0. The highest BCUT2D eigenvalue weighted by atomic mass is 19.4. The van der Waals surface area contributed by atoms with Crippen LogP contribution in [0.15, 0.2) is 18.2 Å². The first-order valence-electron chi connectivity index (χ1n) is 5.19. The topological polar surface area (TPSA) is 70.2 Å². The van der Waals surface area contributed by atoms with Crippen LogP contribution in [0, 0.1) is 6.92 Å². The Morgan fingerprint density at radius 3 is 2.42 bits per heavy atom. The Labute approximate surface area is 104 Å². The summed E-state index contributed by atoms with van der Waals surface area (Å²) in [5.74, 6) is -3.50. The van der Waals surface area contributed by atoms with Crippen molar-refractivity contribution in [1.82, 2.24) is 4.98 Å². The maximum atomic E-state index is 12.8. The number of aromatic amines is 1. The second-order valence-corrected chi connectivity index (χ2v) is 4.06. The summed E-state index contributed by atoms with van der Waals surface area (Å²) in [6.45, 7) is 1.63. The van der Waals surface area contributed by atoms with Gasteiger partial charge in [0.25, 0.3) is 5.78 Å². The molecule has 1 aromatic heterocycles. The molecule has 2 aromatic rings. The standard InChI is InChI=1S/C12H8F3NO3/c1-5-2-3-7-6(4-5)8(9(17)11(18)19)10(16-7)12(13,14)15/h2-4,16H,1H3,(H,18,19). The molecule has 0 radical (unpaired) electrons. The van der Waals surface area contributed by atoms with E-state index < -0.39 is 29.2 Å². The van der Waals surface area contributed by atoms with Crippen LogP contribution in [-0.2, 0) is 11.0 Å². The first kappa shape index (κ1) is 13.1. The third-order valence-electron chi connectivity index (χ3n) is 2.66. The van der Waals surface area contributed by atoms with E-state index in [1.54, 1.807) is 13.0 Å². The lowest BCUT2D eigenvalue weighted by Gasteiger charge is -2.05. The number of carbonyl (C=O) groups excluding carboxylic acids is 1. The van der Waals surface area contributed by atoms with Crippen LogP contribution in [-0.4, -0.2) is 21.8 Å². The summed E-state index contributed by atoms with van der Waals surface area (Å²) in [5.41, 5.74) is -1.48. The second-order valence-electron chi connectivity index (χ2n) is 4.06. The Morgan fingerprint density at radius 2 is 1.89 bits per heavy atom. The van der Waals surface area contributed by atoms with Gasteiger partial charge in [-0.15, -0.1) is 0 Å². The zero-order valence-electron chi connectivity index (χ0n) is 9.63. The molecule has 2 N–H and O–H groups in total. The highest BCUT2D eigenvalue weighted by molar-refractivity contribution is 6.42. The van der Waals surface area contributed by atoms with Gasteiger partial charge in [-0.1, -0.05) is 11.6 Å². The van der Waals surface area contributed by atoms with E-state index in [4.69, 9.17) is 5.11 Å². The van der Waals surface area contributed by atoms with E-state index in [0.717, 1.165) is 0 Å². The van der Waals surface area contributed by atoms with E-state index in [0.29, 0.717) is 5.56 Å². The van der Waals surface area contributed by atoms with Gasteiger partial charge in [-0.25, -0.2) is 4.79 Å². The summed E-state index contributed by atoms with van der Waals surface area (Å²) >= 11 is 0. The molecule has 0 aliphatic carbocycles. The molecule has 4 nitrogen and oxygen atoms in total. The highest BCUT2D eigenvalue weighted by Crippen LogP contribution is 2.36. The largest absolute Gasteiger partial charge is 0.475 e. The van der Waals surface area contributed by atoms with Gasteiger partial charge in [-0.3, -0.25) is 4.79 Å². The predicted octanol–water partition coefficient (Wildman–Crippen LogP) is 2.76. The molecule has 0 amide bonds. The van der Waals surface area contributed by atoms with Gasteiger partial charge in [0.2, 0.25) is 0 Å². The van der Waals surface area contributed by atoms with Crippen molar-refractivity contribution in [2.75, 3.05) is 0 Å². The summed E-state index contributed by atoms with van der Waals surface area (Å²) in [5, 5.41) is 8.60.